The molecule has 0 N–H and O–H groups in total. The fourth-order valence-corrected chi connectivity index (χ4v) is 5.16. The van der Waals surface area contributed by atoms with Crippen LogP contribution in [0.4, 0.5) is 0 Å². The Kier molecular flexibility index (Phi) is 5.27. The number of hydrogen-bond acceptors (Lipinski definition) is 7. The van der Waals surface area contributed by atoms with E-state index in [4.69, 9.17) is 14.5 Å². The molecule has 6 nitrogen and oxygen atoms in total. The normalized spacial score (nSPS) is 14.8. The number of fused-ring (bicyclic) bond motifs is 3. The van der Waals surface area contributed by atoms with Crippen molar-refractivity contribution in [3.63, 3.8) is 0 Å². The van der Waals surface area contributed by atoms with Crippen LogP contribution in [0, 0.1) is 0 Å². The Balaban J connectivity index is 2.09. The summed E-state index contributed by atoms with van der Waals surface area (Å²) in [5, 5.41) is 0.862. The van der Waals surface area contributed by atoms with E-state index in [2.05, 4.69) is 0 Å². The number of esters is 1. The van der Waals surface area contributed by atoms with Crippen molar-refractivity contribution >= 4 is 39.3 Å². The molecule has 130 valence electrons. The second-order valence-electron chi connectivity index (χ2n) is 5.66. The van der Waals surface area contributed by atoms with Crippen LogP contribution in [0.15, 0.2) is 9.95 Å². The van der Waals surface area contributed by atoms with E-state index in [-0.39, 0.29) is 11.5 Å². The molecule has 2 aromatic rings. The predicted molar refractivity (Wildman–Crippen MR) is 95.1 cm³/mol. The molecule has 0 aromatic carbocycles. The Morgan fingerprint density at radius 3 is 2.92 bits per heavy atom. The summed E-state index contributed by atoms with van der Waals surface area (Å²) in [5.41, 5.74) is 1.13. The lowest BCUT2D eigenvalue weighted by atomic mass is 10.2. The number of carbonyl (C=O) groups is 1. The van der Waals surface area contributed by atoms with Crippen molar-refractivity contribution in [2.75, 3.05) is 20.8 Å². The van der Waals surface area contributed by atoms with Gasteiger partial charge in [-0.3, -0.25) is 14.2 Å². The summed E-state index contributed by atoms with van der Waals surface area (Å²) in [6, 6.07) is 0. The van der Waals surface area contributed by atoms with Gasteiger partial charge in [-0.15, -0.1) is 11.3 Å². The summed E-state index contributed by atoms with van der Waals surface area (Å²) in [7, 11) is 2.96. The minimum atomic E-state index is -0.431. The van der Waals surface area contributed by atoms with E-state index in [0.29, 0.717) is 18.3 Å². The number of aromatic nitrogens is 2. The number of nitrogens with zero attached hydrogens (tertiary/aromatic N) is 2. The smallest absolute Gasteiger partial charge is 0.318 e. The van der Waals surface area contributed by atoms with Crippen LogP contribution < -0.4 is 5.56 Å². The predicted octanol–water partition coefficient (Wildman–Crippen LogP) is 2.25. The molecule has 1 unspecified atom stereocenters. The molecule has 0 spiro atoms. The van der Waals surface area contributed by atoms with Crippen LogP contribution in [0.3, 0.4) is 0 Å². The molecule has 0 bridgehead atoms. The lowest BCUT2D eigenvalue weighted by molar-refractivity contribution is -0.139. The molecule has 0 fully saturated rings. The molecule has 0 saturated heterocycles. The first kappa shape index (κ1) is 17.4. The van der Waals surface area contributed by atoms with Gasteiger partial charge < -0.3 is 9.47 Å². The van der Waals surface area contributed by atoms with Crippen LogP contribution in [0.2, 0.25) is 0 Å². The van der Waals surface area contributed by atoms with Crippen molar-refractivity contribution in [2.24, 2.45) is 0 Å². The Morgan fingerprint density at radius 2 is 2.21 bits per heavy atom. The van der Waals surface area contributed by atoms with E-state index in [1.807, 2.05) is 0 Å². The third-order valence-electron chi connectivity index (χ3n) is 4.12. The maximum Gasteiger partial charge on any atom is 0.318 e. The Labute approximate surface area is 148 Å². The zero-order valence-electron chi connectivity index (χ0n) is 14.0. The Hall–Kier alpha value is -1.38. The number of ether oxygens (including phenoxy) is 2. The van der Waals surface area contributed by atoms with Crippen molar-refractivity contribution in [1.82, 2.24) is 9.55 Å². The molecule has 1 aliphatic rings. The van der Waals surface area contributed by atoms with Gasteiger partial charge in [-0.05, 0) is 31.7 Å². The fourth-order valence-electron chi connectivity index (χ4n) is 2.90. The van der Waals surface area contributed by atoms with Gasteiger partial charge in [-0.1, -0.05) is 11.8 Å². The van der Waals surface area contributed by atoms with Crippen LogP contribution in [0.5, 0.6) is 0 Å². The summed E-state index contributed by atoms with van der Waals surface area (Å²) in [6.07, 6.45) is 3.07. The van der Waals surface area contributed by atoms with Crippen LogP contribution in [-0.2, 0) is 33.7 Å². The lowest BCUT2D eigenvalue weighted by Crippen LogP contribution is -2.26. The number of thioether (sulfide) groups is 1. The average molecular weight is 368 g/mol. The molecule has 0 radical (unpaired) electrons. The molecule has 8 heteroatoms. The van der Waals surface area contributed by atoms with Gasteiger partial charge in [0.05, 0.1) is 25.6 Å². The van der Waals surface area contributed by atoms with Crippen molar-refractivity contribution in [3.8, 4) is 0 Å². The SMILES string of the molecule is COCCn1c(SC(C)C(=O)OC)nc2sc3c(c2c1=O)CCC3. The quantitative estimate of drug-likeness (QED) is 0.442. The molecule has 0 saturated carbocycles. The van der Waals surface area contributed by atoms with Gasteiger partial charge in [0.25, 0.3) is 5.56 Å². The molecule has 3 rings (SSSR count). The zero-order valence-corrected chi connectivity index (χ0v) is 15.6. The number of carbonyl (C=O) groups excluding carboxylic acids is 1. The lowest BCUT2D eigenvalue weighted by Gasteiger charge is -2.14. The number of hydrogen-bond donors (Lipinski definition) is 0. The summed E-state index contributed by atoms with van der Waals surface area (Å²) in [5.74, 6) is -0.332. The van der Waals surface area contributed by atoms with Crippen LogP contribution in [-0.4, -0.2) is 41.6 Å². The van der Waals surface area contributed by atoms with E-state index < -0.39 is 5.25 Å². The van der Waals surface area contributed by atoms with Gasteiger partial charge in [-0.2, -0.15) is 0 Å². The molecule has 1 aliphatic carbocycles. The second kappa shape index (κ2) is 7.25. The highest BCUT2D eigenvalue weighted by atomic mass is 32.2. The first-order valence-electron chi connectivity index (χ1n) is 7.85. The number of rotatable bonds is 6. The summed E-state index contributed by atoms with van der Waals surface area (Å²) in [4.78, 5) is 31.5. The van der Waals surface area contributed by atoms with Crippen molar-refractivity contribution in [3.05, 3.63) is 20.8 Å². The second-order valence-corrected chi connectivity index (χ2v) is 8.06. The van der Waals surface area contributed by atoms with E-state index >= 15 is 0 Å². The van der Waals surface area contributed by atoms with Crippen molar-refractivity contribution in [1.29, 1.82) is 0 Å². The molecule has 0 aliphatic heterocycles. The maximum atomic E-state index is 13.0. The minimum Gasteiger partial charge on any atom is -0.468 e. The third-order valence-corrected chi connectivity index (χ3v) is 6.38. The van der Waals surface area contributed by atoms with Gasteiger partial charge in [0, 0.05) is 12.0 Å². The third kappa shape index (κ3) is 3.10. The topological polar surface area (TPSA) is 70.4 Å². The summed E-state index contributed by atoms with van der Waals surface area (Å²) in [6.45, 7) is 2.58. The fraction of sp³-hybridized carbons (Fsp3) is 0.562. The molecular weight excluding hydrogens is 348 g/mol. The largest absolute Gasteiger partial charge is 0.468 e. The highest BCUT2D eigenvalue weighted by molar-refractivity contribution is 8.00. The Morgan fingerprint density at radius 1 is 1.42 bits per heavy atom. The van der Waals surface area contributed by atoms with Crippen molar-refractivity contribution in [2.45, 2.75) is 43.1 Å². The molecule has 0 amide bonds. The standard InChI is InChI=1S/C16H20N2O4S2/c1-9(15(20)22-3)23-16-17-13-12(10-5-4-6-11(10)24-13)14(19)18(16)7-8-21-2/h9H,4-8H2,1-3H3. The van der Waals surface area contributed by atoms with E-state index in [1.54, 1.807) is 29.9 Å². The monoisotopic (exact) mass is 368 g/mol. The highest BCUT2D eigenvalue weighted by Crippen LogP contribution is 2.36. The number of thiophene rings is 1. The van der Waals surface area contributed by atoms with E-state index in [9.17, 15) is 9.59 Å². The van der Waals surface area contributed by atoms with E-state index in [1.165, 1.54) is 23.7 Å². The summed E-state index contributed by atoms with van der Waals surface area (Å²) < 4.78 is 11.5. The van der Waals surface area contributed by atoms with Gasteiger partial charge in [0.15, 0.2) is 5.16 Å². The molecule has 1 atom stereocenters. The van der Waals surface area contributed by atoms with Gasteiger partial charge >= 0.3 is 5.97 Å². The van der Waals surface area contributed by atoms with E-state index in [0.717, 1.165) is 35.0 Å². The summed E-state index contributed by atoms with van der Waals surface area (Å²) >= 11 is 2.85. The maximum absolute atomic E-state index is 13.0. The zero-order chi connectivity index (χ0) is 17.3. The highest BCUT2D eigenvalue weighted by Gasteiger charge is 2.25. The molecular formula is C16H20N2O4S2. The minimum absolute atomic E-state index is 0.0315. The van der Waals surface area contributed by atoms with Crippen LogP contribution >= 0.6 is 23.1 Å². The molecule has 2 heterocycles. The molecule has 24 heavy (non-hydrogen) atoms. The number of methoxy groups -OCH3 is 2. The van der Waals surface area contributed by atoms with Crippen LogP contribution in [0.25, 0.3) is 10.2 Å². The van der Waals surface area contributed by atoms with Gasteiger partial charge in [-0.25, -0.2) is 4.98 Å². The first-order valence-corrected chi connectivity index (χ1v) is 9.55. The first-order chi connectivity index (χ1) is 11.6. The Bertz CT molecular complexity index is 828. The molecule has 2 aromatic heterocycles. The average Bonchev–Trinajstić information content (AvgIpc) is 3.14. The van der Waals surface area contributed by atoms with Crippen LogP contribution in [0.1, 0.15) is 23.8 Å². The van der Waals surface area contributed by atoms with Crippen molar-refractivity contribution < 1.29 is 14.3 Å². The van der Waals surface area contributed by atoms with Gasteiger partial charge in [0.1, 0.15) is 10.1 Å². The van der Waals surface area contributed by atoms with Gasteiger partial charge in [0.2, 0.25) is 0 Å². The number of aryl methyl sites for hydroxylation is 2.